The third kappa shape index (κ3) is 1.89. The molecule has 0 aromatic carbocycles. The van der Waals surface area contributed by atoms with E-state index in [-0.39, 0.29) is 6.04 Å². The van der Waals surface area contributed by atoms with E-state index in [9.17, 15) is 0 Å². The van der Waals surface area contributed by atoms with Gasteiger partial charge in [0.1, 0.15) is 11.5 Å². The highest BCUT2D eigenvalue weighted by Gasteiger charge is 2.15. The Hall–Kier alpha value is -0.760. The lowest BCUT2D eigenvalue weighted by molar-refractivity contribution is 0.368. The summed E-state index contributed by atoms with van der Waals surface area (Å²) in [4.78, 5) is 0. The minimum Gasteiger partial charge on any atom is -0.465 e. The molecule has 0 amide bonds. The molecular weight excluding hydrogens is 150 g/mol. The first-order valence-electron chi connectivity index (χ1n) is 4.47. The van der Waals surface area contributed by atoms with E-state index in [4.69, 9.17) is 10.2 Å². The van der Waals surface area contributed by atoms with E-state index in [1.165, 1.54) is 0 Å². The van der Waals surface area contributed by atoms with Crippen molar-refractivity contribution >= 4 is 0 Å². The Morgan fingerprint density at radius 1 is 1.50 bits per heavy atom. The fraction of sp³-hybridized carbons (Fsp3) is 0.600. The van der Waals surface area contributed by atoms with E-state index >= 15 is 0 Å². The second kappa shape index (κ2) is 3.76. The first-order chi connectivity index (χ1) is 5.65. The minimum absolute atomic E-state index is 0.0451. The number of hydrogen-bond donors (Lipinski definition) is 1. The Balaban J connectivity index is 2.70. The lowest BCUT2D eigenvalue weighted by Gasteiger charge is -2.15. The van der Waals surface area contributed by atoms with Crippen molar-refractivity contribution in [2.75, 3.05) is 0 Å². The van der Waals surface area contributed by atoms with Crippen LogP contribution in [0.3, 0.4) is 0 Å². The molecule has 2 heteroatoms. The van der Waals surface area contributed by atoms with Gasteiger partial charge < -0.3 is 10.2 Å². The maximum Gasteiger partial charge on any atom is 0.121 e. The first kappa shape index (κ1) is 9.33. The van der Waals surface area contributed by atoms with Gasteiger partial charge in [0.25, 0.3) is 0 Å². The third-order valence-electron chi connectivity index (χ3n) is 2.35. The van der Waals surface area contributed by atoms with Crippen molar-refractivity contribution in [2.24, 2.45) is 11.7 Å². The molecule has 1 heterocycles. The molecule has 1 aromatic rings. The van der Waals surface area contributed by atoms with Crippen LogP contribution < -0.4 is 5.73 Å². The van der Waals surface area contributed by atoms with Gasteiger partial charge in [0.2, 0.25) is 0 Å². The fourth-order valence-corrected chi connectivity index (χ4v) is 1.17. The molecule has 12 heavy (non-hydrogen) atoms. The smallest absolute Gasteiger partial charge is 0.121 e. The second-order valence-electron chi connectivity index (χ2n) is 3.36. The molecule has 0 saturated heterocycles. The number of furan rings is 1. The molecule has 2 nitrogen and oxygen atoms in total. The zero-order valence-electron chi connectivity index (χ0n) is 8.00. The Bertz CT molecular complexity index is 242. The Kier molecular flexibility index (Phi) is 2.93. The van der Waals surface area contributed by atoms with Gasteiger partial charge in [-0.3, -0.25) is 0 Å². The van der Waals surface area contributed by atoms with Crippen molar-refractivity contribution in [3.05, 3.63) is 23.7 Å². The number of rotatable bonds is 3. The summed E-state index contributed by atoms with van der Waals surface area (Å²) in [5.74, 6) is 2.32. The summed E-state index contributed by atoms with van der Waals surface area (Å²) in [6, 6.07) is 3.97. The molecule has 0 spiro atoms. The van der Waals surface area contributed by atoms with Gasteiger partial charge >= 0.3 is 0 Å². The van der Waals surface area contributed by atoms with Crippen LogP contribution in [0.1, 0.15) is 37.8 Å². The highest BCUT2D eigenvalue weighted by atomic mass is 16.3. The highest BCUT2D eigenvalue weighted by molar-refractivity contribution is 5.09. The SMILES string of the molecule is CCC(C)C(N)c1ccc(C)o1. The minimum atomic E-state index is 0.0451. The largest absolute Gasteiger partial charge is 0.465 e. The van der Waals surface area contributed by atoms with E-state index in [0.29, 0.717) is 5.92 Å². The van der Waals surface area contributed by atoms with E-state index in [1.807, 2.05) is 19.1 Å². The molecule has 1 rings (SSSR count). The molecule has 1 aromatic heterocycles. The number of hydrogen-bond acceptors (Lipinski definition) is 2. The molecule has 0 aliphatic rings. The molecule has 2 N–H and O–H groups in total. The van der Waals surface area contributed by atoms with Crippen molar-refractivity contribution in [1.29, 1.82) is 0 Å². The van der Waals surface area contributed by atoms with E-state index in [0.717, 1.165) is 17.9 Å². The normalized spacial score (nSPS) is 16.0. The Morgan fingerprint density at radius 3 is 2.58 bits per heavy atom. The Labute approximate surface area is 73.8 Å². The molecule has 0 aliphatic carbocycles. The van der Waals surface area contributed by atoms with Crippen LogP contribution in [0.25, 0.3) is 0 Å². The number of nitrogens with two attached hydrogens (primary N) is 1. The van der Waals surface area contributed by atoms with Gasteiger partial charge in [0.05, 0.1) is 6.04 Å². The van der Waals surface area contributed by atoms with Crippen molar-refractivity contribution in [3.63, 3.8) is 0 Å². The van der Waals surface area contributed by atoms with Crippen molar-refractivity contribution in [2.45, 2.75) is 33.2 Å². The summed E-state index contributed by atoms with van der Waals surface area (Å²) in [6.07, 6.45) is 1.08. The van der Waals surface area contributed by atoms with E-state index < -0.39 is 0 Å². The maximum absolute atomic E-state index is 5.97. The summed E-state index contributed by atoms with van der Waals surface area (Å²) in [5.41, 5.74) is 5.97. The molecule has 0 fully saturated rings. The monoisotopic (exact) mass is 167 g/mol. The van der Waals surface area contributed by atoms with Gasteiger partial charge in [-0.25, -0.2) is 0 Å². The summed E-state index contributed by atoms with van der Waals surface area (Å²) in [5, 5.41) is 0. The third-order valence-corrected chi connectivity index (χ3v) is 2.35. The van der Waals surface area contributed by atoms with Crippen molar-refractivity contribution in [1.82, 2.24) is 0 Å². The summed E-state index contributed by atoms with van der Waals surface area (Å²) in [7, 11) is 0. The Morgan fingerprint density at radius 2 is 2.17 bits per heavy atom. The quantitative estimate of drug-likeness (QED) is 0.751. The van der Waals surface area contributed by atoms with Crippen molar-refractivity contribution in [3.8, 4) is 0 Å². The van der Waals surface area contributed by atoms with E-state index in [2.05, 4.69) is 13.8 Å². The fourth-order valence-electron chi connectivity index (χ4n) is 1.17. The second-order valence-corrected chi connectivity index (χ2v) is 3.36. The van der Waals surface area contributed by atoms with Gasteiger partial charge in [-0.2, -0.15) is 0 Å². The zero-order chi connectivity index (χ0) is 9.14. The average molecular weight is 167 g/mol. The molecule has 2 unspecified atom stereocenters. The summed E-state index contributed by atoms with van der Waals surface area (Å²) >= 11 is 0. The van der Waals surface area contributed by atoms with Crippen LogP contribution >= 0.6 is 0 Å². The van der Waals surface area contributed by atoms with E-state index in [1.54, 1.807) is 0 Å². The average Bonchev–Trinajstić information content (AvgIpc) is 2.49. The molecule has 2 atom stereocenters. The van der Waals surface area contributed by atoms with Gasteiger partial charge in [0, 0.05) is 0 Å². The maximum atomic E-state index is 5.97. The van der Waals surface area contributed by atoms with Gasteiger partial charge in [-0.1, -0.05) is 20.3 Å². The molecule has 0 radical (unpaired) electrons. The summed E-state index contributed by atoms with van der Waals surface area (Å²) in [6.45, 7) is 6.22. The molecule has 0 aliphatic heterocycles. The lowest BCUT2D eigenvalue weighted by Crippen LogP contribution is -2.17. The van der Waals surface area contributed by atoms with Gasteiger partial charge in [-0.15, -0.1) is 0 Å². The van der Waals surface area contributed by atoms with Crippen LogP contribution in [0.5, 0.6) is 0 Å². The molecular formula is C10H17NO. The van der Waals surface area contributed by atoms with Crippen LogP contribution in [0.15, 0.2) is 16.5 Å². The topological polar surface area (TPSA) is 39.2 Å². The predicted molar refractivity (Wildman–Crippen MR) is 49.8 cm³/mol. The van der Waals surface area contributed by atoms with Gasteiger partial charge in [0.15, 0.2) is 0 Å². The predicted octanol–water partition coefficient (Wildman–Crippen LogP) is 2.63. The molecule has 68 valence electrons. The standard InChI is InChI=1S/C10H17NO/c1-4-7(2)10(11)9-6-5-8(3)12-9/h5-7,10H,4,11H2,1-3H3. The highest BCUT2D eigenvalue weighted by Crippen LogP contribution is 2.23. The van der Waals surface area contributed by atoms with Gasteiger partial charge in [-0.05, 0) is 25.0 Å². The van der Waals surface area contributed by atoms with Crippen LogP contribution in [-0.2, 0) is 0 Å². The number of aryl methyl sites for hydroxylation is 1. The van der Waals surface area contributed by atoms with Crippen LogP contribution in [0, 0.1) is 12.8 Å². The lowest BCUT2D eigenvalue weighted by atomic mass is 9.98. The van der Waals surface area contributed by atoms with Crippen LogP contribution in [0.4, 0.5) is 0 Å². The van der Waals surface area contributed by atoms with Crippen LogP contribution in [0.2, 0.25) is 0 Å². The summed E-state index contributed by atoms with van der Waals surface area (Å²) < 4.78 is 5.44. The zero-order valence-corrected chi connectivity index (χ0v) is 8.00. The van der Waals surface area contributed by atoms with Crippen molar-refractivity contribution < 1.29 is 4.42 Å². The molecule has 0 saturated carbocycles. The molecule has 0 bridgehead atoms. The van der Waals surface area contributed by atoms with Crippen LogP contribution in [-0.4, -0.2) is 0 Å². The first-order valence-corrected chi connectivity index (χ1v) is 4.47.